The van der Waals surface area contributed by atoms with Crippen molar-refractivity contribution in [3.8, 4) is 0 Å². The molecule has 0 unspecified atom stereocenters. The molecule has 1 aromatic rings. The molecule has 19 heavy (non-hydrogen) atoms. The second kappa shape index (κ2) is 6.12. The maximum atomic E-state index is 10.9. The summed E-state index contributed by atoms with van der Waals surface area (Å²) in [5.41, 5.74) is 1.16. The number of hydrogen-bond acceptors (Lipinski definition) is 4. The molecule has 1 fully saturated rings. The van der Waals surface area contributed by atoms with E-state index in [1.54, 1.807) is 18.2 Å². The van der Waals surface area contributed by atoms with Crippen molar-refractivity contribution >= 4 is 5.69 Å². The molecule has 1 aliphatic heterocycles. The largest absolute Gasteiger partial charge is 0.381 e. The second-order valence-corrected chi connectivity index (χ2v) is 5.41. The average molecular weight is 264 g/mol. The summed E-state index contributed by atoms with van der Waals surface area (Å²) < 4.78 is 5.36. The minimum atomic E-state index is -0.326. The van der Waals surface area contributed by atoms with Gasteiger partial charge >= 0.3 is 0 Å². The first-order valence-electron chi connectivity index (χ1n) is 6.61. The van der Waals surface area contributed by atoms with Gasteiger partial charge in [-0.3, -0.25) is 10.1 Å². The fourth-order valence-corrected chi connectivity index (χ4v) is 2.38. The Morgan fingerprint density at radius 2 is 2.05 bits per heavy atom. The Hall–Kier alpha value is -1.46. The van der Waals surface area contributed by atoms with Crippen LogP contribution in [0.15, 0.2) is 24.3 Å². The number of hydrogen-bond donors (Lipinski definition) is 1. The van der Waals surface area contributed by atoms with E-state index in [9.17, 15) is 10.1 Å². The van der Waals surface area contributed by atoms with Crippen LogP contribution in [0, 0.1) is 15.5 Å². The molecule has 1 aliphatic rings. The maximum Gasteiger partial charge on any atom is 0.273 e. The summed E-state index contributed by atoms with van der Waals surface area (Å²) in [4.78, 5) is 10.6. The molecule has 0 radical (unpaired) electrons. The van der Waals surface area contributed by atoms with Crippen LogP contribution < -0.4 is 5.32 Å². The van der Waals surface area contributed by atoms with E-state index in [0.29, 0.717) is 6.54 Å². The lowest BCUT2D eigenvalue weighted by molar-refractivity contribution is -0.385. The Kier molecular flexibility index (Phi) is 4.50. The molecular formula is C14H20N2O3. The van der Waals surface area contributed by atoms with Crippen molar-refractivity contribution in [2.45, 2.75) is 26.3 Å². The summed E-state index contributed by atoms with van der Waals surface area (Å²) in [6.07, 6.45) is 2.08. The van der Waals surface area contributed by atoms with Crippen LogP contribution in [-0.2, 0) is 11.3 Å². The summed E-state index contributed by atoms with van der Waals surface area (Å²) >= 11 is 0. The predicted octanol–water partition coefficient (Wildman–Crippen LogP) is 2.50. The van der Waals surface area contributed by atoms with E-state index in [2.05, 4.69) is 12.2 Å². The highest BCUT2D eigenvalue weighted by atomic mass is 16.6. The minimum absolute atomic E-state index is 0.187. The van der Waals surface area contributed by atoms with Crippen LogP contribution in [0.25, 0.3) is 0 Å². The average Bonchev–Trinajstić information content (AvgIpc) is 2.40. The first-order valence-corrected chi connectivity index (χ1v) is 6.61. The second-order valence-electron chi connectivity index (χ2n) is 5.41. The zero-order valence-corrected chi connectivity index (χ0v) is 11.2. The third kappa shape index (κ3) is 3.75. The fourth-order valence-electron chi connectivity index (χ4n) is 2.38. The number of rotatable bonds is 5. The lowest BCUT2D eigenvalue weighted by Gasteiger charge is -2.33. The molecule has 0 aromatic heterocycles. The molecule has 0 spiro atoms. The first kappa shape index (κ1) is 14.0. The van der Waals surface area contributed by atoms with E-state index in [0.717, 1.165) is 38.2 Å². The van der Waals surface area contributed by atoms with Crippen molar-refractivity contribution < 1.29 is 9.66 Å². The summed E-state index contributed by atoms with van der Waals surface area (Å²) in [6.45, 7) is 5.26. The van der Waals surface area contributed by atoms with Gasteiger partial charge in [-0.1, -0.05) is 25.1 Å². The van der Waals surface area contributed by atoms with Gasteiger partial charge in [-0.15, -0.1) is 0 Å². The molecule has 5 nitrogen and oxygen atoms in total. The van der Waals surface area contributed by atoms with Crippen molar-refractivity contribution in [1.29, 1.82) is 0 Å². The van der Waals surface area contributed by atoms with Gasteiger partial charge in [-0.2, -0.15) is 0 Å². The van der Waals surface area contributed by atoms with Gasteiger partial charge in [0.2, 0.25) is 0 Å². The molecule has 5 heteroatoms. The number of nitrogens with one attached hydrogen (secondary N) is 1. The smallest absolute Gasteiger partial charge is 0.273 e. The summed E-state index contributed by atoms with van der Waals surface area (Å²) in [6, 6.07) is 6.88. The maximum absolute atomic E-state index is 10.9. The normalized spacial score (nSPS) is 18.2. The highest BCUT2D eigenvalue weighted by Gasteiger charge is 2.26. The van der Waals surface area contributed by atoms with Gasteiger partial charge in [0.15, 0.2) is 0 Å². The summed E-state index contributed by atoms with van der Waals surface area (Å²) in [5, 5.41) is 14.3. The number of nitrogens with zero attached hydrogens (tertiary/aromatic N) is 1. The molecule has 0 aliphatic carbocycles. The van der Waals surface area contributed by atoms with Crippen LogP contribution in [0.5, 0.6) is 0 Å². The Morgan fingerprint density at radius 1 is 1.37 bits per heavy atom. The van der Waals surface area contributed by atoms with Crippen molar-refractivity contribution in [3.63, 3.8) is 0 Å². The molecule has 0 atom stereocenters. The Labute approximate surface area is 113 Å². The monoisotopic (exact) mass is 264 g/mol. The number of para-hydroxylation sites is 1. The zero-order valence-electron chi connectivity index (χ0n) is 11.2. The summed E-state index contributed by atoms with van der Waals surface area (Å²) in [5.74, 6) is 0. The van der Waals surface area contributed by atoms with E-state index >= 15 is 0 Å². The highest BCUT2D eigenvalue weighted by Crippen LogP contribution is 2.29. The molecular weight excluding hydrogens is 244 g/mol. The molecule has 1 N–H and O–H groups in total. The molecule has 0 saturated carbocycles. The Morgan fingerprint density at radius 3 is 2.74 bits per heavy atom. The Balaban J connectivity index is 1.90. The van der Waals surface area contributed by atoms with E-state index in [4.69, 9.17) is 4.74 Å². The quantitative estimate of drug-likeness (QED) is 0.655. The lowest BCUT2D eigenvalue weighted by Crippen LogP contribution is -2.36. The van der Waals surface area contributed by atoms with Crippen LogP contribution in [0.2, 0.25) is 0 Å². The standard InChI is InChI=1S/C14H20N2O3/c1-14(6-8-19-9-7-14)11-15-10-12-4-2-3-5-13(12)16(17)18/h2-5,15H,6-11H2,1H3. The van der Waals surface area contributed by atoms with Gasteiger partial charge in [-0.25, -0.2) is 0 Å². The Bertz CT molecular complexity index is 442. The SMILES string of the molecule is CC1(CNCc2ccccc2[N+](=O)[O-])CCOCC1. The molecule has 104 valence electrons. The zero-order chi connectivity index (χ0) is 13.7. The minimum Gasteiger partial charge on any atom is -0.381 e. The van der Waals surface area contributed by atoms with Crippen molar-refractivity contribution in [2.75, 3.05) is 19.8 Å². The van der Waals surface area contributed by atoms with Crippen molar-refractivity contribution in [1.82, 2.24) is 5.32 Å². The van der Waals surface area contributed by atoms with E-state index in [-0.39, 0.29) is 16.0 Å². The molecule has 1 heterocycles. The van der Waals surface area contributed by atoms with Crippen molar-refractivity contribution in [3.05, 3.63) is 39.9 Å². The number of ether oxygens (including phenoxy) is 1. The van der Waals surface area contributed by atoms with E-state index in [1.807, 2.05) is 6.07 Å². The van der Waals surface area contributed by atoms with Crippen LogP contribution in [0.3, 0.4) is 0 Å². The highest BCUT2D eigenvalue weighted by molar-refractivity contribution is 5.39. The van der Waals surface area contributed by atoms with Gasteiger partial charge < -0.3 is 10.1 Å². The van der Waals surface area contributed by atoms with Gasteiger partial charge in [0, 0.05) is 37.9 Å². The number of benzene rings is 1. The molecule has 1 saturated heterocycles. The molecule has 0 bridgehead atoms. The fraction of sp³-hybridized carbons (Fsp3) is 0.571. The number of nitro benzene ring substituents is 1. The third-order valence-electron chi connectivity index (χ3n) is 3.76. The van der Waals surface area contributed by atoms with Gasteiger partial charge in [0.05, 0.1) is 4.92 Å². The van der Waals surface area contributed by atoms with E-state index in [1.165, 1.54) is 0 Å². The van der Waals surface area contributed by atoms with Gasteiger partial charge in [-0.05, 0) is 18.3 Å². The van der Waals surface area contributed by atoms with E-state index < -0.39 is 0 Å². The van der Waals surface area contributed by atoms with Crippen LogP contribution in [0.4, 0.5) is 5.69 Å². The van der Waals surface area contributed by atoms with Crippen LogP contribution in [0.1, 0.15) is 25.3 Å². The predicted molar refractivity (Wildman–Crippen MR) is 73.0 cm³/mol. The van der Waals surface area contributed by atoms with Gasteiger partial charge in [0.1, 0.15) is 0 Å². The molecule has 0 amide bonds. The first-order chi connectivity index (χ1) is 9.11. The third-order valence-corrected chi connectivity index (χ3v) is 3.76. The number of nitro groups is 1. The van der Waals surface area contributed by atoms with Crippen LogP contribution in [-0.4, -0.2) is 24.7 Å². The molecule has 2 rings (SSSR count). The lowest BCUT2D eigenvalue weighted by atomic mass is 9.82. The van der Waals surface area contributed by atoms with Gasteiger partial charge in [0.25, 0.3) is 5.69 Å². The van der Waals surface area contributed by atoms with Crippen LogP contribution >= 0.6 is 0 Å². The topological polar surface area (TPSA) is 64.4 Å². The van der Waals surface area contributed by atoms with Crippen molar-refractivity contribution in [2.24, 2.45) is 5.41 Å². The molecule has 1 aromatic carbocycles. The summed E-state index contributed by atoms with van der Waals surface area (Å²) in [7, 11) is 0.